The first kappa shape index (κ1) is 17.5. The van der Waals surface area contributed by atoms with Crippen LogP contribution in [0.15, 0.2) is 54.6 Å². The standard InChI is InChI=1S/C19H21NO4/c1-24-16-12-10-15(11-13-16)19(14-6-3-2-4-7-14)20-17(21)8-5-9-18(22)23/h2-4,6-7,10-13,19H,5,8-9H2,1H3,(H,20,21)(H,22,23)/t19-/m0/s1. The fraction of sp³-hybridized carbons (Fsp3) is 0.263. The van der Waals surface area contributed by atoms with Crippen molar-refractivity contribution in [3.63, 3.8) is 0 Å². The van der Waals surface area contributed by atoms with Crippen LogP contribution in [0.2, 0.25) is 0 Å². The SMILES string of the molecule is COc1ccc([C@@H](NC(=O)CCCC(=O)O)c2ccccc2)cc1. The highest BCUT2D eigenvalue weighted by atomic mass is 16.5. The Bertz CT molecular complexity index is 668. The molecule has 0 aliphatic heterocycles. The Morgan fingerprint density at radius 3 is 2.21 bits per heavy atom. The number of carbonyl (C=O) groups excluding carboxylic acids is 1. The molecule has 0 aliphatic carbocycles. The number of carboxylic acid groups (broad SMARTS) is 1. The van der Waals surface area contributed by atoms with Gasteiger partial charge < -0.3 is 15.2 Å². The van der Waals surface area contributed by atoms with E-state index in [0.717, 1.165) is 16.9 Å². The van der Waals surface area contributed by atoms with Gasteiger partial charge >= 0.3 is 5.97 Å². The number of amides is 1. The number of hydrogen-bond donors (Lipinski definition) is 2. The van der Waals surface area contributed by atoms with Crippen LogP contribution in [0.4, 0.5) is 0 Å². The highest BCUT2D eigenvalue weighted by molar-refractivity contribution is 5.77. The Hall–Kier alpha value is -2.82. The van der Waals surface area contributed by atoms with E-state index in [2.05, 4.69) is 5.32 Å². The fourth-order valence-electron chi connectivity index (χ4n) is 2.43. The van der Waals surface area contributed by atoms with Crippen molar-refractivity contribution in [1.29, 1.82) is 0 Å². The molecule has 24 heavy (non-hydrogen) atoms. The average molecular weight is 327 g/mol. The van der Waals surface area contributed by atoms with Gasteiger partial charge in [-0.3, -0.25) is 9.59 Å². The first-order chi connectivity index (χ1) is 11.6. The van der Waals surface area contributed by atoms with Gasteiger partial charge in [0.2, 0.25) is 5.91 Å². The first-order valence-corrected chi connectivity index (χ1v) is 7.80. The Morgan fingerprint density at radius 1 is 1.00 bits per heavy atom. The van der Waals surface area contributed by atoms with Gasteiger partial charge in [0.05, 0.1) is 13.2 Å². The molecular formula is C19H21NO4. The zero-order chi connectivity index (χ0) is 17.4. The molecule has 1 atom stereocenters. The number of methoxy groups -OCH3 is 1. The molecule has 5 heteroatoms. The monoisotopic (exact) mass is 327 g/mol. The Balaban J connectivity index is 2.14. The second-order valence-corrected chi connectivity index (χ2v) is 5.43. The minimum Gasteiger partial charge on any atom is -0.497 e. The largest absolute Gasteiger partial charge is 0.497 e. The lowest BCUT2D eigenvalue weighted by atomic mass is 9.98. The van der Waals surface area contributed by atoms with Gasteiger partial charge in [0.15, 0.2) is 0 Å². The molecule has 0 bridgehead atoms. The number of rotatable bonds is 8. The van der Waals surface area contributed by atoms with Gasteiger partial charge in [0.1, 0.15) is 5.75 Å². The quantitative estimate of drug-likeness (QED) is 0.781. The van der Waals surface area contributed by atoms with E-state index >= 15 is 0 Å². The summed E-state index contributed by atoms with van der Waals surface area (Å²) in [6.07, 6.45) is 0.503. The molecule has 0 radical (unpaired) electrons. The fourth-order valence-corrected chi connectivity index (χ4v) is 2.43. The second kappa shape index (κ2) is 8.72. The van der Waals surface area contributed by atoms with Crippen molar-refractivity contribution in [2.75, 3.05) is 7.11 Å². The molecule has 5 nitrogen and oxygen atoms in total. The highest BCUT2D eigenvalue weighted by Crippen LogP contribution is 2.24. The molecule has 0 saturated heterocycles. The number of hydrogen-bond acceptors (Lipinski definition) is 3. The van der Waals surface area contributed by atoms with E-state index in [1.165, 1.54) is 0 Å². The van der Waals surface area contributed by atoms with Crippen LogP contribution in [0.1, 0.15) is 36.4 Å². The summed E-state index contributed by atoms with van der Waals surface area (Å²) in [6, 6.07) is 16.9. The number of aliphatic carboxylic acids is 1. The van der Waals surface area contributed by atoms with Crippen molar-refractivity contribution < 1.29 is 19.4 Å². The Labute approximate surface area is 141 Å². The molecule has 0 unspecified atom stereocenters. The molecule has 126 valence electrons. The van der Waals surface area contributed by atoms with Crippen LogP contribution in [0.5, 0.6) is 5.75 Å². The molecule has 2 rings (SSSR count). The van der Waals surface area contributed by atoms with Gasteiger partial charge in [-0.25, -0.2) is 0 Å². The van der Waals surface area contributed by atoms with E-state index in [-0.39, 0.29) is 24.8 Å². The van der Waals surface area contributed by atoms with E-state index in [1.807, 2.05) is 54.6 Å². The number of nitrogens with one attached hydrogen (secondary N) is 1. The zero-order valence-electron chi connectivity index (χ0n) is 13.6. The maximum Gasteiger partial charge on any atom is 0.303 e. The summed E-state index contributed by atoms with van der Waals surface area (Å²) in [6.45, 7) is 0. The maximum absolute atomic E-state index is 12.2. The summed E-state index contributed by atoms with van der Waals surface area (Å²) >= 11 is 0. The van der Waals surface area contributed by atoms with Crippen molar-refractivity contribution >= 4 is 11.9 Å². The minimum absolute atomic E-state index is 0.00798. The molecule has 2 N–H and O–H groups in total. The van der Waals surface area contributed by atoms with E-state index < -0.39 is 5.97 Å². The van der Waals surface area contributed by atoms with Crippen molar-refractivity contribution in [3.8, 4) is 5.75 Å². The van der Waals surface area contributed by atoms with Crippen LogP contribution in [0.3, 0.4) is 0 Å². The van der Waals surface area contributed by atoms with Crippen LogP contribution in [-0.4, -0.2) is 24.1 Å². The Kier molecular flexibility index (Phi) is 6.37. The van der Waals surface area contributed by atoms with Crippen LogP contribution in [0.25, 0.3) is 0 Å². The maximum atomic E-state index is 12.2. The molecule has 0 aromatic heterocycles. The summed E-state index contributed by atoms with van der Waals surface area (Å²) < 4.78 is 5.17. The summed E-state index contributed by atoms with van der Waals surface area (Å²) in [5.74, 6) is -0.308. The molecule has 0 spiro atoms. The molecule has 0 aliphatic rings. The third-order valence-corrected chi connectivity index (χ3v) is 3.68. The molecule has 2 aromatic rings. The van der Waals surface area contributed by atoms with Gasteiger partial charge in [-0.15, -0.1) is 0 Å². The molecule has 2 aromatic carbocycles. The predicted molar refractivity (Wildman–Crippen MR) is 90.9 cm³/mol. The summed E-state index contributed by atoms with van der Waals surface area (Å²) in [7, 11) is 1.61. The highest BCUT2D eigenvalue weighted by Gasteiger charge is 2.17. The van der Waals surface area contributed by atoms with Gasteiger partial charge in [-0.2, -0.15) is 0 Å². The van der Waals surface area contributed by atoms with Crippen molar-refractivity contribution in [2.45, 2.75) is 25.3 Å². The van der Waals surface area contributed by atoms with E-state index in [1.54, 1.807) is 7.11 Å². The van der Waals surface area contributed by atoms with Gasteiger partial charge in [0, 0.05) is 12.8 Å². The third kappa shape index (κ3) is 5.12. The molecule has 1 amide bonds. The predicted octanol–water partition coefficient (Wildman–Crippen LogP) is 3.16. The minimum atomic E-state index is -0.891. The first-order valence-electron chi connectivity index (χ1n) is 7.80. The van der Waals surface area contributed by atoms with Crippen molar-refractivity contribution in [3.05, 3.63) is 65.7 Å². The number of carboxylic acids is 1. The number of ether oxygens (including phenoxy) is 1. The van der Waals surface area contributed by atoms with Gasteiger partial charge in [-0.05, 0) is 29.7 Å². The number of carbonyl (C=O) groups is 2. The third-order valence-electron chi connectivity index (χ3n) is 3.68. The van der Waals surface area contributed by atoms with Crippen LogP contribution in [-0.2, 0) is 9.59 Å². The lowest BCUT2D eigenvalue weighted by Gasteiger charge is -2.20. The van der Waals surface area contributed by atoms with Crippen molar-refractivity contribution in [2.24, 2.45) is 0 Å². The molecular weight excluding hydrogens is 306 g/mol. The van der Waals surface area contributed by atoms with Gasteiger partial charge in [0.25, 0.3) is 0 Å². The Morgan fingerprint density at radius 2 is 1.62 bits per heavy atom. The van der Waals surface area contributed by atoms with Crippen LogP contribution in [0, 0.1) is 0 Å². The molecule has 0 heterocycles. The second-order valence-electron chi connectivity index (χ2n) is 5.43. The summed E-state index contributed by atoms with van der Waals surface area (Å²) in [4.78, 5) is 22.7. The normalized spacial score (nSPS) is 11.5. The topological polar surface area (TPSA) is 75.6 Å². The lowest BCUT2D eigenvalue weighted by Crippen LogP contribution is -2.29. The van der Waals surface area contributed by atoms with Gasteiger partial charge in [-0.1, -0.05) is 42.5 Å². The van der Waals surface area contributed by atoms with E-state index in [9.17, 15) is 9.59 Å². The summed E-state index contributed by atoms with van der Waals surface area (Å²) in [5.41, 5.74) is 1.91. The van der Waals surface area contributed by atoms with E-state index in [4.69, 9.17) is 9.84 Å². The molecule has 0 fully saturated rings. The van der Waals surface area contributed by atoms with Crippen LogP contribution >= 0.6 is 0 Å². The smallest absolute Gasteiger partial charge is 0.303 e. The van der Waals surface area contributed by atoms with Crippen LogP contribution < -0.4 is 10.1 Å². The summed E-state index contributed by atoms with van der Waals surface area (Å²) in [5, 5.41) is 11.7. The number of benzene rings is 2. The zero-order valence-corrected chi connectivity index (χ0v) is 13.6. The average Bonchev–Trinajstić information content (AvgIpc) is 2.60. The van der Waals surface area contributed by atoms with E-state index in [0.29, 0.717) is 6.42 Å². The lowest BCUT2D eigenvalue weighted by molar-refractivity contribution is -0.137. The van der Waals surface area contributed by atoms with Crippen molar-refractivity contribution in [1.82, 2.24) is 5.32 Å². The molecule has 0 saturated carbocycles.